The van der Waals surface area contributed by atoms with E-state index in [-0.39, 0.29) is 5.75 Å². The fourth-order valence-electron chi connectivity index (χ4n) is 1.60. The Morgan fingerprint density at radius 3 is 2.30 bits per heavy atom. The number of aromatic hydroxyl groups is 1. The van der Waals surface area contributed by atoms with Gasteiger partial charge in [-0.3, -0.25) is 10.2 Å². The first-order chi connectivity index (χ1) is 9.05. The van der Waals surface area contributed by atoms with Gasteiger partial charge in [0.25, 0.3) is 0 Å². The predicted molar refractivity (Wildman–Crippen MR) is 76.3 cm³/mol. The average Bonchev–Trinajstić information content (AvgIpc) is 2.25. The van der Waals surface area contributed by atoms with E-state index in [0.717, 1.165) is 0 Å². The van der Waals surface area contributed by atoms with Crippen molar-refractivity contribution in [2.24, 2.45) is 5.90 Å². The number of anilines is 1. The van der Waals surface area contributed by atoms with Crippen LogP contribution in [0.15, 0.2) is 18.2 Å². The molecule has 20 heavy (non-hydrogen) atoms. The minimum absolute atomic E-state index is 0.0194. The maximum atomic E-state index is 11.6. The number of amides is 1. The molecule has 0 heterocycles. The number of nitrogens with one attached hydrogen (secondary N) is 1. The van der Waals surface area contributed by atoms with E-state index in [1.807, 2.05) is 0 Å². The summed E-state index contributed by atoms with van der Waals surface area (Å²) in [5, 5.41) is 12.5. The van der Waals surface area contributed by atoms with Crippen LogP contribution in [0.5, 0.6) is 5.75 Å². The van der Waals surface area contributed by atoms with Crippen LogP contribution < -0.4 is 11.2 Å². The van der Waals surface area contributed by atoms with E-state index in [2.05, 4.69) is 5.32 Å². The summed E-state index contributed by atoms with van der Waals surface area (Å²) >= 11 is 0. The molecule has 0 fully saturated rings. The number of hydrogen-bond acceptors (Lipinski definition) is 5. The number of hydrogen-bond donors (Lipinski definition) is 3. The molecule has 1 rings (SSSR count). The monoisotopic (exact) mass is 282 g/mol. The Hall–Kier alpha value is -1.79. The second-order valence-corrected chi connectivity index (χ2v) is 5.99. The van der Waals surface area contributed by atoms with Crippen molar-refractivity contribution in [2.45, 2.75) is 45.8 Å². The van der Waals surface area contributed by atoms with Crippen molar-refractivity contribution >= 4 is 11.8 Å². The zero-order valence-corrected chi connectivity index (χ0v) is 12.5. The molecule has 1 aromatic rings. The molecule has 0 aliphatic rings. The summed E-state index contributed by atoms with van der Waals surface area (Å²) in [6, 6.07) is 4.69. The van der Waals surface area contributed by atoms with E-state index >= 15 is 0 Å². The molecule has 0 aliphatic heterocycles. The maximum absolute atomic E-state index is 11.6. The first-order valence-electron chi connectivity index (χ1n) is 6.26. The van der Waals surface area contributed by atoms with Crippen LogP contribution in [0.4, 0.5) is 10.5 Å². The van der Waals surface area contributed by atoms with Gasteiger partial charge in [-0.15, -0.1) is 0 Å². The summed E-state index contributed by atoms with van der Waals surface area (Å²) in [5.41, 5.74) is -0.459. The van der Waals surface area contributed by atoms with Gasteiger partial charge in [0.15, 0.2) is 0 Å². The molecule has 1 aromatic carbocycles. The lowest BCUT2D eigenvalue weighted by atomic mass is 9.97. The lowest BCUT2D eigenvalue weighted by Crippen LogP contribution is -2.27. The Kier molecular flexibility index (Phi) is 4.62. The molecule has 0 bridgehead atoms. The molecule has 0 saturated carbocycles. The van der Waals surface area contributed by atoms with Crippen molar-refractivity contribution in [1.29, 1.82) is 0 Å². The molecule has 0 radical (unpaired) electrons. The molecular weight excluding hydrogens is 260 g/mol. The molecular formula is C14H22N2O4. The van der Waals surface area contributed by atoms with Crippen molar-refractivity contribution in [3.05, 3.63) is 23.8 Å². The van der Waals surface area contributed by atoms with Crippen molar-refractivity contribution in [1.82, 2.24) is 0 Å². The van der Waals surface area contributed by atoms with Gasteiger partial charge in [-0.05, 0) is 40.7 Å². The minimum Gasteiger partial charge on any atom is -0.507 e. The van der Waals surface area contributed by atoms with Gasteiger partial charge >= 0.3 is 6.09 Å². The molecule has 6 heteroatoms. The average molecular weight is 282 g/mol. The molecule has 6 nitrogen and oxygen atoms in total. The highest BCUT2D eigenvalue weighted by atomic mass is 16.6. The Balaban J connectivity index is 2.86. The lowest BCUT2D eigenvalue weighted by Gasteiger charge is -2.24. The predicted octanol–water partition coefficient (Wildman–Crippen LogP) is 2.86. The number of nitrogens with two attached hydrogens (primary N) is 1. The van der Waals surface area contributed by atoms with Gasteiger partial charge < -0.3 is 9.84 Å². The number of benzene rings is 1. The summed E-state index contributed by atoms with van der Waals surface area (Å²) < 4.78 is 5.12. The number of phenolic OH excluding ortho intramolecular Hbond substituents is 1. The van der Waals surface area contributed by atoms with E-state index < -0.39 is 17.3 Å². The zero-order valence-electron chi connectivity index (χ0n) is 12.5. The van der Waals surface area contributed by atoms with E-state index in [1.165, 1.54) is 6.07 Å². The van der Waals surface area contributed by atoms with Gasteiger partial charge in [0.2, 0.25) is 0 Å². The topological polar surface area (TPSA) is 93.8 Å². The van der Waals surface area contributed by atoms with Gasteiger partial charge in [-0.1, -0.05) is 6.07 Å². The van der Waals surface area contributed by atoms with E-state index in [0.29, 0.717) is 11.3 Å². The fourth-order valence-corrected chi connectivity index (χ4v) is 1.60. The molecule has 0 aliphatic carbocycles. The Bertz CT molecular complexity index is 492. The third kappa shape index (κ3) is 4.40. The van der Waals surface area contributed by atoms with Crippen LogP contribution >= 0.6 is 0 Å². The number of carbonyl (C=O) groups is 1. The quantitative estimate of drug-likeness (QED) is 0.741. The highest BCUT2D eigenvalue weighted by molar-refractivity contribution is 5.85. The van der Waals surface area contributed by atoms with Crippen molar-refractivity contribution < 1.29 is 19.5 Å². The smallest absolute Gasteiger partial charge is 0.412 e. The molecule has 0 unspecified atom stereocenters. The van der Waals surface area contributed by atoms with E-state index in [4.69, 9.17) is 15.5 Å². The third-order valence-corrected chi connectivity index (χ3v) is 2.59. The van der Waals surface area contributed by atoms with Crippen LogP contribution in [0, 0.1) is 0 Å². The molecule has 4 N–H and O–H groups in total. The van der Waals surface area contributed by atoms with Gasteiger partial charge in [-0.25, -0.2) is 10.7 Å². The van der Waals surface area contributed by atoms with Gasteiger partial charge in [0.05, 0.1) is 0 Å². The lowest BCUT2D eigenvalue weighted by molar-refractivity contribution is -0.0250. The fraction of sp³-hybridized carbons (Fsp3) is 0.500. The zero-order chi connectivity index (χ0) is 15.6. The maximum Gasteiger partial charge on any atom is 0.412 e. The Morgan fingerprint density at radius 1 is 1.25 bits per heavy atom. The largest absolute Gasteiger partial charge is 0.507 e. The van der Waals surface area contributed by atoms with Crippen LogP contribution in [-0.4, -0.2) is 16.8 Å². The van der Waals surface area contributed by atoms with Crippen LogP contribution in [0.25, 0.3) is 0 Å². The summed E-state index contributed by atoms with van der Waals surface area (Å²) in [4.78, 5) is 16.4. The van der Waals surface area contributed by atoms with Gasteiger partial charge in [0.1, 0.15) is 17.0 Å². The highest BCUT2D eigenvalue weighted by Crippen LogP contribution is 2.32. The highest BCUT2D eigenvalue weighted by Gasteiger charge is 2.24. The normalized spacial score (nSPS) is 12.1. The molecule has 1 amide bonds. The SMILES string of the molecule is CC(C)(C)OC(=O)Nc1ccc(C(C)(C)ON)c(O)c1. The van der Waals surface area contributed by atoms with Gasteiger partial charge in [0, 0.05) is 17.3 Å². The van der Waals surface area contributed by atoms with Gasteiger partial charge in [-0.2, -0.15) is 0 Å². The summed E-state index contributed by atoms with van der Waals surface area (Å²) in [6.45, 7) is 8.77. The number of phenols is 1. The number of rotatable bonds is 3. The Morgan fingerprint density at radius 2 is 1.85 bits per heavy atom. The molecule has 0 aromatic heterocycles. The van der Waals surface area contributed by atoms with Crippen LogP contribution in [0.1, 0.15) is 40.2 Å². The van der Waals surface area contributed by atoms with E-state index in [9.17, 15) is 9.90 Å². The van der Waals surface area contributed by atoms with Crippen molar-refractivity contribution in [2.75, 3.05) is 5.32 Å². The Labute approximate surface area is 118 Å². The third-order valence-electron chi connectivity index (χ3n) is 2.59. The van der Waals surface area contributed by atoms with Crippen molar-refractivity contribution in [3.63, 3.8) is 0 Å². The van der Waals surface area contributed by atoms with Crippen LogP contribution in [0.2, 0.25) is 0 Å². The molecule has 112 valence electrons. The first kappa shape index (κ1) is 16.3. The summed E-state index contributed by atoms with van der Waals surface area (Å²) in [7, 11) is 0. The second-order valence-electron chi connectivity index (χ2n) is 5.99. The molecule has 0 spiro atoms. The number of ether oxygens (including phenoxy) is 1. The number of carbonyl (C=O) groups excluding carboxylic acids is 1. The molecule has 0 saturated heterocycles. The summed E-state index contributed by atoms with van der Waals surface area (Å²) in [5.74, 6) is 5.18. The van der Waals surface area contributed by atoms with Crippen LogP contribution in [0.3, 0.4) is 0 Å². The van der Waals surface area contributed by atoms with Crippen LogP contribution in [-0.2, 0) is 15.2 Å². The van der Waals surface area contributed by atoms with Crippen molar-refractivity contribution in [3.8, 4) is 5.75 Å². The summed E-state index contributed by atoms with van der Waals surface area (Å²) in [6.07, 6.45) is -0.584. The molecule has 0 atom stereocenters. The minimum atomic E-state index is -0.825. The standard InChI is InChI=1S/C14H22N2O4/c1-13(2,3)19-12(18)16-9-6-7-10(11(17)8-9)14(4,5)20-15/h6-8,17H,15H2,1-5H3,(H,16,18). The second kappa shape index (κ2) is 5.68. The van der Waals surface area contributed by atoms with E-state index in [1.54, 1.807) is 46.8 Å². The first-order valence-corrected chi connectivity index (χ1v) is 6.26.